The molecule has 0 saturated heterocycles. The lowest BCUT2D eigenvalue weighted by atomic mass is 10.1. The maximum atomic E-state index is 5.97. The van der Waals surface area contributed by atoms with Crippen molar-refractivity contribution in [3.63, 3.8) is 0 Å². The lowest BCUT2D eigenvalue weighted by Crippen LogP contribution is -1.91. The molecule has 0 saturated carbocycles. The first-order valence-electron chi connectivity index (χ1n) is 7.50. The van der Waals surface area contributed by atoms with Crippen LogP contribution in [0.2, 0.25) is 5.02 Å². The first-order chi connectivity index (χ1) is 11.2. The molecule has 1 heterocycles. The fourth-order valence-electron chi connectivity index (χ4n) is 2.87. The Morgan fingerprint density at radius 3 is 2.22 bits per heavy atom. The monoisotopic (exact) mass is 318 g/mol. The van der Waals surface area contributed by atoms with Gasteiger partial charge in [-0.2, -0.15) is 0 Å². The molecule has 0 radical (unpaired) electrons. The Morgan fingerprint density at radius 1 is 0.783 bits per heavy atom. The zero-order valence-corrected chi connectivity index (χ0v) is 13.5. The topological polar surface area (TPSA) is 17.8 Å². The third-order valence-electron chi connectivity index (χ3n) is 4.09. The van der Waals surface area contributed by atoms with Gasteiger partial charge in [0.05, 0.1) is 11.0 Å². The zero-order chi connectivity index (χ0) is 15.8. The second-order valence-electron chi connectivity index (χ2n) is 5.57. The number of benzene rings is 3. The first-order valence-corrected chi connectivity index (χ1v) is 7.88. The van der Waals surface area contributed by atoms with Crippen molar-refractivity contribution in [2.75, 3.05) is 0 Å². The molecule has 4 rings (SSSR count). The van der Waals surface area contributed by atoms with Gasteiger partial charge in [-0.25, -0.2) is 4.98 Å². The molecule has 0 spiro atoms. The summed E-state index contributed by atoms with van der Waals surface area (Å²) in [6, 6.07) is 24.5. The summed E-state index contributed by atoms with van der Waals surface area (Å²) in [6.45, 7) is 0. The van der Waals surface area contributed by atoms with Crippen LogP contribution in [0, 0.1) is 0 Å². The van der Waals surface area contributed by atoms with Crippen LogP contribution >= 0.6 is 11.6 Å². The third-order valence-corrected chi connectivity index (χ3v) is 4.34. The molecule has 0 fully saturated rings. The minimum absolute atomic E-state index is 0.749. The number of hydrogen-bond donors (Lipinski definition) is 0. The molecule has 0 unspecified atom stereocenters. The van der Waals surface area contributed by atoms with Crippen LogP contribution in [0.15, 0.2) is 72.8 Å². The molecule has 0 atom stereocenters. The van der Waals surface area contributed by atoms with Gasteiger partial charge >= 0.3 is 0 Å². The number of halogens is 1. The Bertz CT molecular complexity index is 970. The van der Waals surface area contributed by atoms with Gasteiger partial charge in [-0.05, 0) is 35.4 Å². The SMILES string of the molecule is Cn1c(-c2ccccc2)nc2cc(-c3ccc(Cl)cc3)ccc21. The Balaban J connectivity index is 1.85. The Labute approximate surface area is 140 Å². The molecule has 0 aliphatic rings. The second kappa shape index (κ2) is 5.56. The number of hydrogen-bond acceptors (Lipinski definition) is 1. The number of imidazole rings is 1. The minimum Gasteiger partial charge on any atom is -0.327 e. The van der Waals surface area contributed by atoms with Gasteiger partial charge in [-0.1, -0.05) is 60.1 Å². The van der Waals surface area contributed by atoms with E-state index in [0.29, 0.717) is 0 Å². The average molecular weight is 319 g/mol. The summed E-state index contributed by atoms with van der Waals surface area (Å²) in [5, 5.41) is 0.749. The predicted molar refractivity (Wildman–Crippen MR) is 96.6 cm³/mol. The standard InChI is InChI=1S/C20H15ClN2/c1-23-19-12-9-16(14-7-10-17(21)11-8-14)13-18(19)22-20(23)15-5-3-2-4-6-15/h2-13H,1H3. The van der Waals surface area contributed by atoms with Crippen LogP contribution in [0.25, 0.3) is 33.5 Å². The normalized spacial score (nSPS) is 11.0. The summed E-state index contributed by atoms with van der Waals surface area (Å²) in [6.07, 6.45) is 0. The van der Waals surface area contributed by atoms with Crippen molar-refractivity contribution in [2.24, 2.45) is 7.05 Å². The quantitative estimate of drug-likeness (QED) is 0.473. The summed E-state index contributed by atoms with van der Waals surface area (Å²) in [7, 11) is 2.06. The van der Waals surface area contributed by atoms with Crippen LogP contribution < -0.4 is 0 Å². The third kappa shape index (κ3) is 2.51. The Hall–Kier alpha value is -2.58. The van der Waals surface area contributed by atoms with Crippen molar-refractivity contribution in [2.45, 2.75) is 0 Å². The largest absolute Gasteiger partial charge is 0.327 e. The van der Waals surface area contributed by atoms with Gasteiger partial charge in [0, 0.05) is 17.6 Å². The van der Waals surface area contributed by atoms with Gasteiger partial charge in [0.1, 0.15) is 5.82 Å². The maximum Gasteiger partial charge on any atom is 0.140 e. The van der Waals surface area contributed by atoms with Crippen LogP contribution in [0.1, 0.15) is 0 Å². The van der Waals surface area contributed by atoms with E-state index >= 15 is 0 Å². The average Bonchev–Trinajstić information content (AvgIpc) is 2.93. The van der Waals surface area contributed by atoms with E-state index in [0.717, 1.165) is 38.6 Å². The highest BCUT2D eigenvalue weighted by Gasteiger charge is 2.10. The van der Waals surface area contributed by atoms with Crippen LogP contribution in [-0.4, -0.2) is 9.55 Å². The van der Waals surface area contributed by atoms with E-state index in [4.69, 9.17) is 16.6 Å². The first kappa shape index (κ1) is 14.0. The highest BCUT2D eigenvalue weighted by molar-refractivity contribution is 6.30. The molecule has 3 aromatic carbocycles. The zero-order valence-electron chi connectivity index (χ0n) is 12.7. The Morgan fingerprint density at radius 2 is 1.48 bits per heavy atom. The van der Waals surface area contributed by atoms with Crippen LogP contribution in [0.5, 0.6) is 0 Å². The van der Waals surface area contributed by atoms with Crippen molar-refractivity contribution in [1.29, 1.82) is 0 Å². The van der Waals surface area contributed by atoms with E-state index in [1.165, 1.54) is 0 Å². The van der Waals surface area contributed by atoms with Crippen molar-refractivity contribution < 1.29 is 0 Å². The molecular weight excluding hydrogens is 304 g/mol. The van der Waals surface area contributed by atoms with Gasteiger partial charge in [0.15, 0.2) is 0 Å². The summed E-state index contributed by atoms with van der Waals surface area (Å²) >= 11 is 5.97. The van der Waals surface area contributed by atoms with Gasteiger partial charge in [0.2, 0.25) is 0 Å². The molecular formula is C20H15ClN2. The van der Waals surface area contributed by atoms with E-state index in [1.807, 2.05) is 42.5 Å². The fraction of sp³-hybridized carbons (Fsp3) is 0.0500. The highest BCUT2D eigenvalue weighted by atomic mass is 35.5. The highest BCUT2D eigenvalue weighted by Crippen LogP contribution is 2.28. The van der Waals surface area contributed by atoms with Crippen molar-refractivity contribution in [3.05, 3.63) is 77.8 Å². The predicted octanol–water partition coefficient (Wildman–Crippen LogP) is 5.56. The lowest BCUT2D eigenvalue weighted by molar-refractivity contribution is 0.959. The van der Waals surface area contributed by atoms with Gasteiger partial charge in [-0.15, -0.1) is 0 Å². The van der Waals surface area contributed by atoms with Crippen molar-refractivity contribution >= 4 is 22.6 Å². The summed E-state index contributed by atoms with van der Waals surface area (Å²) in [5.41, 5.74) is 5.54. The molecule has 0 aliphatic carbocycles. The molecule has 4 aromatic rings. The molecule has 23 heavy (non-hydrogen) atoms. The van der Waals surface area contributed by atoms with Gasteiger partial charge < -0.3 is 4.57 Å². The summed E-state index contributed by atoms with van der Waals surface area (Å²) in [5.74, 6) is 0.980. The smallest absolute Gasteiger partial charge is 0.140 e. The van der Waals surface area contributed by atoms with Crippen molar-refractivity contribution in [1.82, 2.24) is 9.55 Å². The van der Waals surface area contributed by atoms with E-state index in [2.05, 4.69) is 41.9 Å². The minimum atomic E-state index is 0.749. The number of fused-ring (bicyclic) bond motifs is 1. The molecule has 0 bridgehead atoms. The second-order valence-corrected chi connectivity index (χ2v) is 6.01. The number of aryl methyl sites for hydroxylation is 1. The maximum absolute atomic E-state index is 5.97. The molecule has 3 heteroatoms. The van der Waals surface area contributed by atoms with E-state index in [-0.39, 0.29) is 0 Å². The molecule has 112 valence electrons. The number of aromatic nitrogens is 2. The van der Waals surface area contributed by atoms with Crippen LogP contribution in [-0.2, 0) is 7.05 Å². The van der Waals surface area contributed by atoms with E-state index in [9.17, 15) is 0 Å². The van der Waals surface area contributed by atoms with Crippen molar-refractivity contribution in [3.8, 4) is 22.5 Å². The van der Waals surface area contributed by atoms with Gasteiger partial charge in [-0.3, -0.25) is 0 Å². The molecule has 0 aliphatic heterocycles. The summed E-state index contributed by atoms with van der Waals surface area (Å²) in [4.78, 5) is 4.82. The molecule has 1 aromatic heterocycles. The van der Waals surface area contributed by atoms with Crippen LogP contribution in [0.4, 0.5) is 0 Å². The number of rotatable bonds is 2. The molecule has 0 N–H and O–H groups in total. The van der Waals surface area contributed by atoms with Gasteiger partial charge in [0.25, 0.3) is 0 Å². The lowest BCUT2D eigenvalue weighted by Gasteiger charge is -2.03. The van der Waals surface area contributed by atoms with E-state index in [1.54, 1.807) is 0 Å². The Kier molecular flexibility index (Phi) is 3.40. The summed E-state index contributed by atoms with van der Waals surface area (Å²) < 4.78 is 2.14. The number of nitrogens with zero attached hydrogens (tertiary/aromatic N) is 2. The molecule has 0 amide bonds. The fourth-order valence-corrected chi connectivity index (χ4v) is 2.99. The molecule has 2 nitrogen and oxygen atoms in total. The van der Waals surface area contributed by atoms with E-state index < -0.39 is 0 Å². The van der Waals surface area contributed by atoms with Crippen LogP contribution in [0.3, 0.4) is 0 Å².